The van der Waals surface area contributed by atoms with Gasteiger partial charge in [0, 0.05) is 50.2 Å². The van der Waals surface area contributed by atoms with Gasteiger partial charge in [0.1, 0.15) is 6.04 Å². The van der Waals surface area contributed by atoms with Crippen LogP contribution in [0.25, 0.3) is 0 Å². The minimum atomic E-state index is -3.50. The second kappa shape index (κ2) is 13.6. The number of anilines is 2. The van der Waals surface area contributed by atoms with Crippen LogP contribution in [0.3, 0.4) is 0 Å². The molecule has 44 heavy (non-hydrogen) atoms. The quantitative estimate of drug-likeness (QED) is 0.372. The smallest absolute Gasteiger partial charge is 0.245 e. The molecule has 0 radical (unpaired) electrons. The van der Waals surface area contributed by atoms with Crippen molar-refractivity contribution in [2.75, 3.05) is 41.6 Å². The molecule has 0 saturated carbocycles. The van der Waals surface area contributed by atoms with Crippen molar-refractivity contribution in [2.24, 2.45) is 0 Å². The van der Waals surface area contributed by atoms with Crippen molar-refractivity contribution in [2.45, 2.75) is 51.4 Å². The van der Waals surface area contributed by atoms with Crippen molar-refractivity contribution in [3.8, 4) is 0 Å². The predicted molar refractivity (Wildman–Crippen MR) is 176 cm³/mol. The number of carbonyl (C=O) groups excluding carboxylic acids is 2. The normalized spacial score (nSPS) is 17.6. The standard InChI is InChI=1S/C33H40ClN5O4S/c1-23(2)39(44(3,42)43)31-11-7-6-10-30(31)37-16-18-38(19-17-37)33(41)29(20-24-12-14-27(34)15-13-24)36-32(40)28-21-25-8-4-5-9-26(25)22-35-28/h4-15,23,28-29,35H,16-22H2,1-3H3,(H,36,40)/t28-,29+/m0/s1. The maximum Gasteiger partial charge on any atom is 0.245 e. The van der Waals surface area contributed by atoms with Gasteiger partial charge in [-0.1, -0.05) is 60.1 Å². The van der Waals surface area contributed by atoms with Crippen LogP contribution < -0.4 is 19.8 Å². The summed E-state index contributed by atoms with van der Waals surface area (Å²) in [5, 5.41) is 6.99. The van der Waals surface area contributed by atoms with Crippen LogP contribution in [0.15, 0.2) is 72.8 Å². The van der Waals surface area contributed by atoms with Crippen molar-refractivity contribution in [1.82, 2.24) is 15.5 Å². The molecule has 0 aromatic heterocycles. The number of amides is 2. The van der Waals surface area contributed by atoms with Crippen LogP contribution in [0, 0.1) is 0 Å². The van der Waals surface area contributed by atoms with Gasteiger partial charge in [-0.15, -0.1) is 0 Å². The molecule has 3 aromatic carbocycles. The molecule has 2 N–H and O–H groups in total. The first kappa shape index (κ1) is 31.8. The van der Waals surface area contributed by atoms with Crippen LogP contribution in [0.2, 0.25) is 5.02 Å². The van der Waals surface area contributed by atoms with E-state index < -0.39 is 22.1 Å². The van der Waals surface area contributed by atoms with E-state index >= 15 is 0 Å². The number of carbonyl (C=O) groups is 2. The number of halogens is 1. The van der Waals surface area contributed by atoms with Crippen LogP contribution in [0.5, 0.6) is 0 Å². The molecule has 2 amide bonds. The molecule has 0 bridgehead atoms. The van der Waals surface area contributed by atoms with Gasteiger partial charge in [0.25, 0.3) is 0 Å². The third kappa shape index (κ3) is 7.36. The van der Waals surface area contributed by atoms with Gasteiger partial charge in [0.2, 0.25) is 21.8 Å². The van der Waals surface area contributed by atoms with Crippen LogP contribution in [0.1, 0.15) is 30.5 Å². The third-order valence-corrected chi connectivity index (χ3v) is 9.83. The number of nitrogens with zero attached hydrogens (tertiary/aromatic N) is 3. The maximum absolute atomic E-state index is 14.0. The summed E-state index contributed by atoms with van der Waals surface area (Å²) in [5.41, 5.74) is 4.65. The molecule has 234 valence electrons. The van der Waals surface area contributed by atoms with Crippen LogP contribution in [0.4, 0.5) is 11.4 Å². The number of hydrogen-bond acceptors (Lipinski definition) is 6. The lowest BCUT2D eigenvalue weighted by Gasteiger charge is -2.40. The van der Waals surface area contributed by atoms with E-state index in [1.165, 1.54) is 16.1 Å². The predicted octanol–water partition coefficient (Wildman–Crippen LogP) is 3.61. The van der Waals surface area contributed by atoms with E-state index in [4.69, 9.17) is 11.6 Å². The summed E-state index contributed by atoms with van der Waals surface area (Å²) in [4.78, 5) is 31.4. The van der Waals surface area contributed by atoms with E-state index in [2.05, 4.69) is 21.6 Å². The van der Waals surface area contributed by atoms with Gasteiger partial charge in [0.05, 0.1) is 23.7 Å². The van der Waals surface area contributed by atoms with Crippen molar-refractivity contribution < 1.29 is 18.0 Å². The Morgan fingerprint density at radius 3 is 2.25 bits per heavy atom. The number of rotatable bonds is 9. The van der Waals surface area contributed by atoms with Gasteiger partial charge in [-0.05, 0) is 61.2 Å². The molecule has 3 aromatic rings. The van der Waals surface area contributed by atoms with Gasteiger partial charge in [-0.2, -0.15) is 0 Å². The highest BCUT2D eigenvalue weighted by atomic mass is 35.5. The lowest BCUT2D eigenvalue weighted by molar-refractivity contribution is -0.137. The molecule has 1 saturated heterocycles. The molecule has 9 nitrogen and oxygen atoms in total. The molecule has 1 fully saturated rings. The summed E-state index contributed by atoms with van der Waals surface area (Å²) in [6.07, 6.45) is 2.12. The largest absolute Gasteiger partial charge is 0.366 e. The minimum Gasteiger partial charge on any atom is -0.366 e. The number of fused-ring (bicyclic) bond motifs is 1. The first-order valence-electron chi connectivity index (χ1n) is 15.0. The summed E-state index contributed by atoms with van der Waals surface area (Å²) >= 11 is 6.10. The van der Waals surface area contributed by atoms with Gasteiger partial charge in [-0.25, -0.2) is 8.42 Å². The SMILES string of the molecule is CC(C)N(c1ccccc1N1CCN(C(=O)[C@@H](Cc2ccc(Cl)cc2)NC(=O)[C@@H]2Cc3ccccc3CN2)CC1)S(C)(=O)=O. The fourth-order valence-corrected chi connectivity index (χ4v) is 7.52. The van der Waals surface area contributed by atoms with Gasteiger partial charge >= 0.3 is 0 Å². The Hall–Kier alpha value is -3.60. The Morgan fingerprint density at radius 1 is 0.955 bits per heavy atom. The second-order valence-electron chi connectivity index (χ2n) is 11.8. The monoisotopic (exact) mass is 637 g/mol. The Kier molecular flexibility index (Phi) is 9.82. The molecular formula is C33H40ClN5O4S. The Balaban J connectivity index is 1.30. The minimum absolute atomic E-state index is 0.141. The molecule has 2 atom stereocenters. The number of benzene rings is 3. The Labute approximate surface area is 265 Å². The third-order valence-electron chi connectivity index (χ3n) is 8.24. The zero-order chi connectivity index (χ0) is 31.4. The van der Waals surface area contributed by atoms with Gasteiger partial charge in [-0.3, -0.25) is 13.9 Å². The molecule has 2 heterocycles. The van der Waals surface area contributed by atoms with Crippen molar-refractivity contribution in [3.63, 3.8) is 0 Å². The summed E-state index contributed by atoms with van der Waals surface area (Å²) in [7, 11) is -3.50. The van der Waals surface area contributed by atoms with Gasteiger partial charge < -0.3 is 20.4 Å². The molecule has 11 heteroatoms. The molecule has 5 rings (SSSR count). The fourth-order valence-electron chi connectivity index (χ4n) is 6.11. The lowest BCUT2D eigenvalue weighted by atomic mass is 9.95. The number of hydrogen-bond donors (Lipinski definition) is 2. The van der Waals surface area contributed by atoms with Crippen molar-refractivity contribution in [1.29, 1.82) is 0 Å². The second-order valence-corrected chi connectivity index (χ2v) is 14.0. The molecule has 0 unspecified atom stereocenters. The van der Waals surface area contributed by atoms with Crippen molar-refractivity contribution >= 4 is 44.8 Å². The maximum atomic E-state index is 14.0. The first-order chi connectivity index (χ1) is 21.0. The van der Waals surface area contributed by atoms with Crippen molar-refractivity contribution in [3.05, 3.63) is 94.5 Å². The summed E-state index contributed by atoms with van der Waals surface area (Å²) in [6.45, 7) is 6.24. The summed E-state index contributed by atoms with van der Waals surface area (Å²) in [6, 6.07) is 21.4. The number of piperazine rings is 1. The zero-order valence-corrected chi connectivity index (χ0v) is 26.9. The summed E-state index contributed by atoms with van der Waals surface area (Å²) in [5.74, 6) is -0.341. The van der Waals surface area contributed by atoms with Gasteiger partial charge in [0.15, 0.2) is 0 Å². The Morgan fingerprint density at radius 2 is 1.59 bits per heavy atom. The highest BCUT2D eigenvalue weighted by Crippen LogP contribution is 2.33. The topological polar surface area (TPSA) is 102 Å². The molecule has 0 aliphatic carbocycles. The van der Waals surface area contributed by atoms with E-state index in [1.807, 2.05) is 68.4 Å². The zero-order valence-electron chi connectivity index (χ0n) is 25.4. The van der Waals surface area contributed by atoms with E-state index in [9.17, 15) is 18.0 Å². The van der Waals surface area contributed by atoms with Crippen LogP contribution in [-0.2, 0) is 39.0 Å². The Bertz CT molecular complexity index is 1590. The molecule has 2 aliphatic rings. The number of nitrogens with one attached hydrogen (secondary N) is 2. The van der Waals surface area contributed by atoms with Crippen LogP contribution in [-0.4, -0.2) is 75.7 Å². The van der Waals surface area contributed by atoms with E-state index in [0.29, 0.717) is 56.3 Å². The van der Waals surface area contributed by atoms with E-state index in [0.717, 1.165) is 16.8 Å². The average molecular weight is 638 g/mol. The fraction of sp³-hybridized carbons (Fsp3) is 0.394. The highest BCUT2D eigenvalue weighted by Gasteiger charge is 2.33. The van der Waals surface area contributed by atoms with E-state index in [-0.39, 0.29) is 17.9 Å². The van der Waals surface area contributed by atoms with Crippen LogP contribution >= 0.6 is 11.6 Å². The molecular weight excluding hydrogens is 598 g/mol. The first-order valence-corrected chi connectivity index (χ1v) is 17.2. The number of sulfonamides is 1. The number of para-hydroxylation sites is 2. The average Bonchev–Trinajstić information content (AvgIpc) is 3.00. The molecule has 2 aliphatic heterocycles. The summed E-state index contributed by atoms with van der Waals surface area (Å²) < 4.78 is 26.8. The lowest BCUT2D eigenvalue weighted by Crippen LogP contribution is -2.58. The molecule has 0 spiro atoms. The highest BCUT2D eigenvalue weighted by molar-refractivity contribution is 7.92. The van der Waals surface area contributed by atoms with E-state index in [1.54, 1.807) is 17.0 Å².